The van der Waals surface area contributed by atoms with Gasteiger partial charge in [0.15, 0.2) is 0 Å². The molecule has 18 aromatic rings. The number of hydrogen-bond acceptors (Lipinski definition) is 4. The van der Waals surface area contributed by atoms with Crippen LogP contribution in [-0.2, 0) is 26.2 Å². The highest BCUT2D eigenvalue weighted by atomic mass is 16.5. The zero-order valence-corrected chi connectivity index (χ0v) is 85.8. The molecule has 0 bridgehead atoms. The summed E-state index contributed by atoms with van der Waals surface area (Å²) in [5.74, 6) is 3.68. The van der Waals surface area contributed by atoms with Gasteiger partial charge in [0.1, 0.15) is 23.0 Å². The Morgan fingerprint density at radius 2 is 0.306 bits per heavy atom. The van der Waals surface area contributed by atoms with E-state index < -0.39 is 0 Å². The Kier molecular flexibility index (Phi) is 38.3. The molecule has 0 saturated heterocycles. The quantitative estimate of drug-likeness (QED) is 0.0282. The standard InChI is InChI=1S/C136H154N4O4/c1(9-17-25-49-97-137-129-65-41-33-57-119(129)120-58-34-42-66-130(120)137)5-13-21-29-53-101-141-115-89-81-111(82-90-115)127(112-83-91-116(92-84-112)142-102-54-30-22-14-6-2-10-18-26-50-98-138-131-67-43-35-59-121(131)122-60-36-44-68-132(122)138)105-107-73-77-109(78-74-107)110-79-75-108(76-80-110)106-128(113-85-93-117(94-86-113)143-103-55-31-23-15-7-3-11-19-27-51-99-139-133-69-45-37-61-123(133)124-62-38-46-70-134(124)139)114-87-95-118(96-88-114)144-104-56-32-24-16-8-4-12-20-28-52-100-140-135-71-47-39-63-125(135)126-64-40-48-72-136(126)140/h33-48,57-96,105-106H,1-32,49-56,97-104H2. The van der Waals surface area contributed by atoms with Crippen LogP contribution in [0.2, 0.25) is 0 Å². The highest BCUT2D eigenvalue weighted by molar-refractivity contribution is 6.11. The second-order valence-electron chi connectivity index (χ2n) is 40.7. The summed E-state index contributed by atoms with van der Waals surface area (Å²) in [4.78, 5) is 0. The van der Waals surface area contributed by atoms with E-state index in [9.17, 15) is 0 Å². The van der Waals surface area contributed by atoms with Crippen molar-refractivity contribution in [3.8, 4) is 34.1 Å². The minimum Gasteiger partial charge on any atom is -0.494 e. The molecule has 0 atom stereocenters. The van der Waals surface area contributed by atoms with Crippen LogP contribution < -0.4 is 18.9 Å². The van der Waals surface area contributed by atoms with Gasteiger partial charge < -0.3 is 37.2 Å². The number of hydrogen-bond donors (Lipinski definition) is 0. The number of unbranched alkanes of at least 4 members (excludes halogenated alkanes) is 36. The molecule has 18 rings (SSSR count). The number of benzene rings is 14. The smallest absolute Gasteiger partial charge is 0.119 e. The van der Waals surface area contributed by atoms with E-state index in [1.807, 2.05) is 0 Å². The van der Waals surface area contributed by atoms with Crippen LogP contribution in [-0.4, -0.2) is 44.7 Å². The fourth-order valence-corrected chi connectivity index (χ4v) is 22.3. The summed E-state index contributed by atoms with van der Waals surface area (Å²) in [6, 6.07) is 124. The lowest BCUT2D eigenvalue weighted by Crippen LogP contribution is -1.98. The monoisotopic (exact) mass is 1910 g/mol. The molecule has 8 nitrogen and oxygen atoms in total. The molecule has 0 radical (unpaired) electrons. The second kappa shape index (κ2) is 54.6. The van der Waals surface area contributed by atoms with Gasteiger partial charge in [0.25, 0.3) is 0 Å². The topological polar surface area (TPSA) is 56.6 Å². The number of nitrogens with zero attached hydrogens (tertiary/aromatic N) is 4. The second-order valence-corrected chi connectivity index (χ2v) is 40.7. The lowest BCUT2D eigenvalue weighted by molar-refractivity contribution is 0.304. The van der Waals surface area contributed by atoms with Gasteiger partial charge in [-0.3, -0.25) is 0 Å². The highest BCUT2D eigenvalue weighted by Gasteiger charge is 2.18. The zero-order valence-electron chi connectivity index (χ0n) is 85.8. The highest BCUT2D eigenvalue weighted by Crippen LogP contribution is 2.39. The van der Waals surface area contributed by atoms with E-state index in [4.69, 9.17) is 18.9 Å². The predicted molar refractivity (Wildman–Crippen MR) is 616 cm³/mol. The average Bonchev–Trinajstić information content (AvgIpc) is 1.61. The maximum atomic E-state index is 6.43. The third kappa shape index (κ3) is 27.9. The van der Waals surface area contributed by atoms with Crippen LogP contribution >= 0.6 is 0 Å². The molecule has 4 aromatic heterocycles. The van der Waals surface area contributed by atoms with Gasteiger partial charge in [0, 0.05) is 113 Å². The Hall–Kier alpha value is -13.0. The van der Waals surface area contributed by atoms with Crippen molar-refractivity contribution < 1.29 is 18.9 Å². The van der Waals surface area contributed by atoms with Crippen molar-refractivity contribution >= 4 is 111 Å². The van der Waals surface area contributed by atoms with Crippen LogP contribution in [0.15, 0.2) is 340 Å². The van der Waals surface area contributed by atoms with Gasteiger partial charge in [0.05, 0.1) is 26.4 Å². The number of rotatable bonds is 63. The predicted octanol–water partition coefficient (Wildman–Crippen LogP) is 38.9. The Labute approximate surface area is 858 Å². The van der Waals surface area contributed by atoms with E-state index in [-0.39, 0.29) is 0 Å². The molecule has 0 aliphatic rings. The van der Waals surface area contributed by atoms with Crippen LogP contribution in [0, 0.1) is 0 Å². The molecular formula is C136H154N4O4. The van der Waals surface area contributed by atoms with E-state index in [1.165, 1.54) is 329 Å². The van der Waals surface area contributed by atoms with Crippen molar-refractivity contribution in [2.24, 2.45) is 0 Å². The number of fused-ring (bicyclic) bond motifs is 12. The van der Waals surface area contributed by atoms with E-state index >= 15 is 0 Å². The van der Waals surface area contributed by atoms with E-state index in [0.29, 0.717) is 0 Å². The molecule has 0 spiro atoms. The summed E-state index contributed by atoms with van der Waals surface area (Å²) in [6.07, 6.45) is 55.3. The fourth-order valence-electron chi connectivity index (χ4n) is 22.3. The van der Waals surface area contributed by atoms with Crippen LogP contribution in [0.1, 0.15) is 290 Å². The zero-order chi connectivity index (χ0) is 97.4. The van der Waals surface area contributed by atoms with Crippen LogP contribution in [0.25, 0.3) is 122 Å². The number of aromatic nitrogens is 4. The summed E-state index contributed by atoms with van der Waals surface area (Å²) < 4.78 is 35.9. The summed E-state index contributed by atoms with van der Waals surface area (Å²) in [5, 5.41) is 11.0. The third-order valence-electron chi connectivity index (χ3n) is 30.3. The first-order chi connectivity index (χ1) is 71.6. The summed E-state index contributed by atoms with van der Waals surface area (Å²) in [7, 11) is 0. The SMILES string of the molecule is C(=C(c1ccc(OCCCCCCCCCCCCn2c3ccccc3c3ccccc32)cc1)c1ccc(OCCCCCCCCCCCCn2c3ccccc3c3ccccc32)cc1)c1ccc(-c2ccc(C=C(c3ccc(OCCCCCCCCCCCCn4c5ccccc5c5ccccc54)cc3)c3ccc(OCCCCCCCCCCCCn4c5ccccc5c5ccccc54)cc3)cc2)cc1. The Morgan fingerprint density at radius 1 is 0.153 bits per heavy atom. The molecule has 0 aliphatic heterocycles. The first-order valence-corrected chi connectivity index (χ1v) is 56.0. The largest absolute Gasteiger partial charge is 0.494 e. The van der Waals surface area contributed by atoms with Gasteiger partial charge >= 0.3 is 0 Å². The van der Waals surface area contributed by atoms with E-state index in [0.717, 1.165) is 146 Å². The molecule has 0 N–H and O–H groups in total. The van der Waals surface area contributed by atoms with Gasteiger partial charge in [-0.05, 0) is 216 Å². The van der Waals surface area contributed by atoms with Crippen molar-refractivity contribution in [2.75, 3.05) is 26.4 Å². The van der Waals surface area contributed by atoms with Crippen molar-refractivity contribution in [2.45, 2.75) is 283 Å². The molecule has 742 valence electrons. The normalized spacial score (nSPS) is 11.7. The van der Waals surface area contributed by atoms with Crippen molar-refractivity contribution in [3.63, 3.8) is 0 Å². The number of para-hydroxylation sites is 8. The Morgan fingerprint density at radius 3 is 0.479 bits per heavy atom. The number of aryl methyl sites for hydroxylation is 4. The maximum absolute atomic E-state index is 6.43. The maximum Gasteiger partial charge on any atom is 0.119 e. The lowest BCUT2D eigenvalue weighted by Gasteiger charge is -2.13. The van der Waals surface area contributed by atoms with Crippen LogP contribution in [0.5, 0.6) is 23.0 Å². The minimum absolute atomic E-state index is 0.734. The van der Waals surface area contributed by atoms with Gasteiger partial charge in [0.2, 0.25) is 0 Å². The minimum atomic E-state index is 0.734. The third-order valence-corrected chi connectivity index (χ3v) is 30.3. The molecule has 144 heavy (non-hydrogen) atoms. The molecule has 8 heteroatoms. The molecule has 0 saturated carbocycles. The molecule has 14 aromatic carbocycles. The number of ether oxygens (including phenoxy) is 4. The van der Waals surface area contributed by atoms with E-state index in [1.54, 1.807) is 0 Å². The van der Waals surface area contributed by atoms with Crippen molar-refractivity contribution in [3.05, 3.63) is 373 Å². The molecule has 4 heterocycles. The summed E-state index contributed by atoms with van der Waals surface area (Å²) in [5.41, 5.74) is 22.4. The first kappa shape index (κ1) is 101. The summed E-state index contributed by atoms with van der Waals surface area (Å²) in [6.45, 7) is 7.29. The van der Waals surface area contributed by atoms with Gasteiger partial charge in [-0.15, -0.1) is 0 Å². The van der Waals surface area contributed by atoms with Crippen LogP contribution in [0.3, 0.4) is 0 Å². The molecular weight excluding hydrogens is 1750 g/mol. The van der Waals surface area contributed by atoms with Gasteiger partial charge in [-0.25, -0.2) is 0 Å². The first-order valence-electron chi connectivity index (χ1n) is 56.0. The molecule has 0 aliphatic carbocycles. The van der Waals surface area contributed by atoms with Gasteiger partial charge in [-0.1, -0.05) is 448 Å². The van der Waals surface area contributed by atoms with Crippen LogP contribution in [0.4, 0.5) is 0 Å². The fraction of sp³-hybridized carbons (Fsp3) is 0.353. The van der Waals surface area contributed by atoms with Crippen molar-refractivity contribution in [1.82, 2.24) is 18.3 Å². The van der Waals surface area contributed by atoms with E-state index in [2.05, 4.69) is 370 Å². The molecule has 0 amide bonds. The van der Waals surface area contributed by atoms with Gasteiger partial charge in [-0.2, -0.15) is 0 Å². The van der Waals surface area contributed by atoms with Crippen molar-refractivity contribution in [1.29, 1.82) is 0 Å². The molecule has 0 unspecified atom stereocenters. The Balaban J connectivity index is 0.459. The Bertz CT molecular complexity index is 6000. The lowest BCUT2D eigenvalue weighted by atomic mass is 9.94. The average molecular weight is 1910 g/mol. The summed E-state index contributed by atoms with van der Waals surface area (Å²) >= 11 is 0. The molecule has 0 fully saturated rings.